The summed E-state index contributed by atoms with van der Waals surface area (Å²) in [6, 6.07) is 7.82. The highest BCUT2D eigenvalue weighted by Crippen LogP contribution is 2.25. The van der Waals surface area contributed by atoms with Gasteiger partial charge in [0, 0.05) is 37.3 Å². The summed E-state index contributed by atoms with van der Waals surface area (Å²) in [4.78, 5) is 13.0. The van der Waals surface area contributed by atoms with Gasteiger partial charge in [0.2, 0.25) is 0 Å². The Morgan fingerprint density at radius 3 is 2.84 bits per heavy atom. The Morgan fingerprint density at radius 1 is 1.32 bits per heavy atom. The lowest BCUT2D eigenvalue weighted by Gasteiger charge is -2.29. The number of nitrogens with zero attached hydrogens (tertiary/aromatic N) is 1. The Bertz CT molecular complexity index is 600. The van der Waals surface area contributed by atoms with Crippen molar-refractivity contribution in [3.8, 4) is 0 Å². The number of carboxylic acids is 1. The third-order valence-corrected chi connectivity index (χ3v) is 3.36. The normalized spacial score (nSPS) is 15.9. The zero-order chi connectivity index (χ0) is 13.2. The number of furan rings is 1. The van der Waals surface area contributed by atoms with Crippen LogP contribution in [0.15, 0.2) is 28.7 Å². The first-order valence-electron chi connectivity index (χ1n) is 6.42. The van der Waals surface area contributed by atoms with Crippen LogP contribution in [0.4, 0.5) is 5.69 Å². The Balaban J connectivity index is 1.89. The van der Waals surface area contributed by atoms with Crippen LogP contribution in [0.1, 0.15) is 5.76 Å². The van der Waals surface area contributed by atoms with Gasteiger partial charge in [0.05, 0.1) is 0 Å². The van der Waals surface area contributed by atoms with Crippen molar-refractivity contribution in [3.63, 3.8) is 0 Å². The summed E-state index contributed by atoms with van der Waals surface area (Å²) in [6.07, 6.45) is -0.0718. The molecule has 1 fully saturated rings. The number of carbonyl (C=O) groups is 1. The van der Waals surface area contributed by atoms with E-state index in [0.717, 1.165) is 42.8 Å². The zero-order valence-corrected chi connectivity index (χ0v) is 10.6. The minimum atomic E-state index is -0.874. The van der Waals surface area contributed by atoms with Crippen LogP contribution in [0.5, 0.6) is 0 Å². The van der Waals surface area contributed by atoms with Gasteiger partial charge in [0.15, 0.2) is 0 Å². The minimum absolute atomic E-state index is 0.0718. The first-order valence-corrected chi connectivity index (χ1v) is 6.42. The summed E-state index contributed by atoms with van der Waals surface area (Å²) in [5, 5.41) is 13.1. The molecule has 2 aromatic rings. The summed E-state index contributed by atoms with van der Waals surface area (Å²) in [6.45, 7) is 3.97. The highest BCUT2D eigenvalue weighted by atomic mass is 16.4. The molecule has 19 heavy (non-hydrogen) atoms. The highest BCUT2D eigenvalue weighted by Gasteiger charge is 2.13. The van der Waals surface area contributed by atoms with E-state index in [-0.39, 0.29) is 6.42 Å². The summed E-state index contributed by atoms with van der Waals surface area (Å²) < 4.78 is 5.51. The molecule has 2 N–H and O–H groups in total. The molecular weight excluding hydrogens is 244 g/mol. The molecule has 5 heteroatoms. The van der Waals surface area contributed by atoms with E-state index in [2.05, 4.69) is 16.3 Å². The number of fused-ring (bicyclic) bond motifs is 1. The average molecular weight is 260 g/mol. The molecule has 0 aliphatic carbocycles. The van der Waals surface area contributed by atoms with Gasteiger partial charge in [0.1, 0.15) is 17.8 Å². The second-order valence-corrected chi connectivity index (χ2v) is 4.74. The fourth-order valence-corrected chi connectivity index (χ4v) is 2.44. The molecular formula is C14H16N2O3. The Kier molecular flexibility index (Phi) is 3.13. The number of aliphatic carboxylic acids is 1. The lowest BCUT2D eigenvalue weighted by Crippen LogP contribution is -2.43. The van der Waals surface area contributed by atoms with Crippen LogP contribution in [0, 0.1) is 0 Å². The van der Waals surface area contributed by atoms with Crippen molar-refractivity contribution in [2.24, 2.45) is 0 Å². The van der Waals surface area contributed by atoms with Crippen LogP contribution in [0.2, 0.25) is 0 Å². The Labute approximate surface area is 110 Å². The molecule has 0 radical (unpaired) electrons. The maximum atomic E-state index is 10.7. The first kappa shape index (κ1) is 12.0. The molecule has 1 aromatic heterocycles. The molecule has 0 spiro atoms. The third-order valence-electron chi connectivity index (χ3n) is 3.36. The molecule has 1 saturated heterocycles. The molecule has 100 valence electrons. The van der Waals surface area contributed by atoms with Gasteiger partial charge in [-0.2, -0.15) is 0 Å². The maximum absolute atomic E-state index is 10.7. The van der Waals surface area contributed by atoms with Gasteiger partial charge in [-0.25, -0.2) is 0 Å². The number of benzene rings is 1. The van der Waals surface area contributed by atoms with E-state index >= 15 is 0 Å². The van der Waals surface area contributed by atoms with E-state index in [1.807, 2.05) is 18.2 Å². The van der Waals surface area contributed by atoms with Crippen LogP contribution in [-0.2, 0) is 11.2 Å². The van der Waals surface area contributed by atoms with Crippen molar-refractivity contribution in [1.29, 1.82) is 0 Å². The number of nitrogens with one attached hydrogen (secondary N) is 1. The monoisotopic (exact) mass is 260 g/mol. The molecule has 5 nitrogen and oxygen atoms in total. The van der Waals surface area contributed by atoms with E-state index < -0.39 is 5.97 Å². The molecule has 0 unspecified atom stereocenters. The van der Waals surface area contributed by atoms with Crippen molar-refractivity contribution in [3.05, 3.63) is 30.0 Å². The number of piperazine rings is 1. The molecule has 0 atom stereocenters. The zero-order valence-electron chi connectivity index (χ0n) is 10.6. The van der Waals surface area contributed by atoms with Gasteiger partial charge < -0.3 is 19.7 Å². The number of rotatable bonds is 3. The third kappa shape index (κ3) is 2.56. The number of hydrogen-bond donors (Lipinski definition) is 2. The predicted molar refractivity (Wildman–Crippen MR) is 72.6 cm³/mol. The van der Waals surface area contributed by atoms with Gasteiger partial charge in [-0.05, 0) is 24.3 Å². The number of hydrogen-bond acceptors (Lipinski definition) is 4. The second-order valence-electron chi connectivity index (χ2n) is 4.74. The average Bonchev–Trinajstić information content (AvgIpc) is 2.79. The van der Waals surface area contributed by atoms with Crippen LogP contribution >= 0.6 is 0 Å². The van der Waals surface area contributed by atoms with Crippen molar-refractivity contribution in [1.82, 2.24) is 5.32 Å². The molecule has 1 aromatic carbocycles. The fraction of sp³-hybridized carbons (Fsp3) is 0.357. The predicted octanol–water partition coefficient (Wildman–Crippen LogP) is 1.47. The van der Waals surface area contributed by atoms with Crippen molar-refractivity contribution >= 4 is 22.6 Å². The standard InChI is InChI=1S/C14H16N2O3/c17-14(18)9-12-8-10-7-11(1-2-13(10)19-12)16-5-3-15-4-6-16/h1-2,7-8,15H,3-6,9H2,(H,17,18). The van der Waals surface area contributed by atoms with Crippen LogP contribution in [0.3, 0.4) is 0 Å². The van der Waals surface area contributed by atoms with Crippen LogP contribution < -0.4 is 10.2 Å². The van der Waals surface area contributed by atoms with Crippen molar-refractivity contribution in [2.75, 3.05) is 31.1 Å². The van der Waals surface area contributed by atoms with Gasteiger partial charge in [0.25, 0.3) is 0 Å². The molecule has 0 saturated carbocycles. The maximum Gasteiger partial charge on any atom is 0.311 e. The molecule has 0 bridgehead atoms. The Hall–Kier alpha value is -2.01. The second kappa shape index (κ2) is 4.93. The first-order chi connectivity index (χ1) is 9.22. The smallest absolute Gasteiger partial charge is 0.311 e. The minimum Gasteiger partial charge on any atom is -0.481 e. The summed E-state index contributed by atoms with van der Waals surface area (Å²) >= 11 is 0. The molecule has 2 heterocycles. The highest BCUT2D eigenvalue weighted by molar-refractivity contribution is 5.83. The van der Waals surface area contributed by atoms with E-state index in [1.165, 1.54) is 0 Å². The summed E-state index contributed by atoms with van der Waals surface area (Å²) in [5.41, 5.74) is 1.91. The van der Waals surface area contributed by atoms with Gasteiger partial charge in [-0.1, -0.05) is 0 Å². The molecule has 1 aliphatic rings. The van der Waals surface area contributed by atoms with Crippen molar-refractivity contribution < 1.29 is 14.3 Å². The fourth-order valence-electron chi connectivity index (χ4n) is 2.44. The van der Waals surface area contributed by atoms with Gasteiger partial charge >= 0.3 is 5.97 Å². The molecule has 3 rings (SSSR count). The van der Waals surface area contributed by atoms with Gasteiger partial charge in [-0.3, -0.25) is 4.79 Å². The summed E-state index contributed by atoms with van der Waals surface area (Å²) in [7, 11) is 0. The lowest BCUT2D eigenvalue weighted by atomic mass is 10.2. The van der Waals surface area contributed by atoms with E-state index in [0.29, 0.717) is 5.76 Å². The molecule has 0 amide bonds. The van der Waals surface area contributed by atoms with Crippen LogP contribution in [-0.4, -0.2) is 37.3 Å². The SMILES string of the molecule is O=C(O)Cc1cc2cc(N3CCNCC3)ccc2o1. The van der Waals surface area contributed by atoms with Crippen molar-refractivity contribution in [2.45, 2.75) is 6.42 Å². The van der Waals surface area contributed by atoms with Gasteiger partial charge in [-0.15, -0.1) is 0 Å². The summed E-state index contributed by atoms with van der Waals surface area (Å²) in [5.74, 6) is -0.374. The number of carboxylic acid groups (broad SMARTS) is 1. The quantitative estimate of drug-likeness (QED) is 0.875. The lowest BCUT2D eigenvalue weighted by molar-refractivity contribution is -0.136. The number of anilines is 1. The van der Waals surface area contributed by atoms with E-state index in [9.17, 15) is 4.79 Å². The van der Waals surface area contributed by atoms with Crippen LogP contribution in [0.25, 0.3) is 11.0 Å². The van der Waals surface area contributed by atoms with E-state index in [4.69, 9.17) is 9.52 Å². The van der Waals surface area contributed by atoms with E-state index in [1.54, 1.807) is 0 Å². The largest absolute Gasteiger partial charge is 0.481 e. The Morgan fingerprint density at radius 2 is 2.11 bits per heavy atom. The molecule has 1 aliphatic heterocycles. The topological polar surface area (TPSA) is 65.7 Å².